The summed E-state index contributed by atoms with van der Waals surface area (Å²) in [6, 6.07) is 16.1. The first kappa shape index (κ1) is 28.3. The summed E-state index contributed by atoms with van der Waals surface area (Å²) in [4.78, 5) is 21.1. The molecule has 0 amide bonds. The summed E-state index contributed by atoms with van der Waals surface area (Å²) in [6.45, 7) is 11.2. The Morgan fingerprint density at radius 2 is 1.79 bits per heavy atom. The predicted octanol–water partition coefficient (Wildman–Crippen LogP) is 5.09. The molecule has 42 heavy (non-hydrogen) atoms. The monoisotopic (exact) mass is 585 g/mol. The van der Waals surface area contributed by atoms with E-state index in [-0.39, 0.29) is 12.4 Å². The van der Waals surface area contributed by atoms with Crippen molar-refractivity contribution < 1.29 is 19.0 Å². The van der Waals surface area contributed by atoms with Crippen molar-refractivity contribution in [1.82, 2.24) is 19.7 Å². The number of esters is 1. The van der Waals surface area contributed by atoms with Gasteiger partial charge in [-0.25, -0.2) is 0 Å². The molecule has 4 heterocycles. The molecule has 0 unspecified atom stereocenters. The van der Waals surface area contributed by atoms with E-state index in [1.165, 1.54) is 12.0 Å². The predicted molar refractivity (Wildman–Crippen MR) is 163 cm³/mol. The Bertz CT molecular complexity index is 1620. The van der Waals surface area contributed by atoms with Crippen LogP contribution in [0, 0.1) is 20.8 Å². The topological polar surface area (TPSA) is 91.1 Å². The van der Waals surface area contributed by atoms with E-state index in [4.69, 9.17) is 19.2 Å². The van der Waals surface area contributed by atoms with E-state index < -0.39 is 6.04 Å². The SMILES string of the molecule is COC(=O)C[C@@H]1N=C(c2ccc(-c3cccc(OCCN4CCOCC4)c3)cc2)c2c(sc(C)c2C)-n2c(C)nnc21. The molecule has 1 saturated heterocycles. The Morgan fingerprint density at radius 3 is 2.55 bits per heavy atom. The minimum atomic E-state index is -0.515. The Hall–Kier alpha value is -3.86. The molecule has 0 spiro atoms. The van der Waals surface area contributed by atoms with Crippen LogP contribution in [0.1, 0.15) is 45.7 Å². The van der Waals surface area contributed by atoms with E-state index in [0.717, 1.165) is 83.0 Å². The first-order valence-electron chi connectivity index (χ1n) is 14.2. The highest BCUT2D eigenvalue weighted by atomic mass is 32.1. The van der Waals surface area contributed by atoms with E-state index in [0.29, 0.717) is 12.4 Å². The highest BCUT2D eigenvalue weighted by Gasteiger charge is 2.32. The second kappa shape index (κ2) is 12.2. The largest absolute Gasteiger partial charge is 0.492 e. The molecule has 218 valence electrons. The van der Waals surface area contributed by atoms with Crippen LogP contribution in [0.15, 0.2) is 53.5 Å². The molecule has 2 aliphatic rings. The average molecular weight is 586 g/mol. The van der Waals surface area contributed by atoms with Crippen molar-refractivity contribution in [3.05, 3.63) is 81.7 Å². The summed E-state index contributed by atoms with van der Waals surface area (Å²) in [5.41, 5.74) is 6.21. The number of hydrogen-bond acceptors (Lipinski definition) is 9. The van der Waals surface area contributed by atoms with Crippen LogP contribution in [-0.2, 0) is 14.3 Å². The molecule has 2 aliphatic heterocycles. The molecule has 0 bridgehead atoms. The third-order valence-electron chi connectivity index (χ3n) is 7.93. The quantitative estimate of drug-likeness (QED) is 0.266. The number of benzene rings is 2. The van der Waals surface area contributed by atoms with Crippen LogP contribution < -0.4 is 4.74 Å². The van der Waals surface area contributed by atoms with Gasteiger partial charge in [0, 0.05) is 35.6 Å². The van der Waals surface area contributed by atoms with Crippen LogP contribution in [0.2, 0.25) is 0 Å². The van der Waals surface area contributed by atoms with Gasteiger partial charge in [0.25, 0.3) is 0 Å². The Labute approximate surface area is 249 Å². The van der Waals surface area contributed by atoms with E-state index in [9.17, 15) is 4.79 Å². The highest BCUT2D eigenvalue weighted by molar-refractivity contribution is 7.15. The molecule has 1 fully saturated rings. The van der Waals surface area contributed by atoms with Gasteiger partial charge in [0.1, 0.15) is 29.2 Å². The van der Waals surface area contributed by atoms with Crippen LogP contribution in [0.5, 0.6) is 5.75 Å². The van der Waals surface area contributed by atoms with Crippen molar-refractivity contribution in [2.75, 3.05) is 46.6 Å². The van der Waals surface area contributed by atoms with Gasteiger partial charge < -0.3 is 14.2 Å². The lowest BCUT2D eigenvalue weighted by molar-refractivity contribution is -0.141. The number of thiophene rings is 1. The molecule has 1 atom stereocenters. The number of carbonyl (C=O) groups is 1. The lowest BCUT2D eigenvalue weighted by Gasteiger charge is -2.26. The molecule has 6 rings (SSSR count). The molecule has 0 radical (unpaired) electrons. The summed E-state index contributed by atoms with van der Waals surface area (Å²) >= 11 is 1.70. The Balaban J connectivity index is 1.29. The average Bonchev–Trinajstić information content (AvgIpc) is 3.49. The van der Waals surface area contributed by atoms with Crippen molar-refractivity contribution in [2.45, 2.75) is 33.2 Å². The fourth-order valence-electron chi connectivity index (χ4n) is 5.47. The minimum absolute atomic E-state index is 0.0848. The smallest absolute Gasteiger partial charge is 0.308 e. The lowest BCUT2D eigenvalue weighted by Crippen LogP contribution is -2.38. The molecule has 4 aromatic rings. The van der Waals surface area contributed by atoms with Crippen LogP contribution in [0.3, 0.4) is 0 Å². The van der Waals surface area contributed by atoms with Gasteiger partial charge in [0.15, 0.2) is 5.82 Å². The number of carbonyl (C=O) groups excluding carboxylic acids is 1. The van der Waals surface area contributed by atoms with Gasteiger partial charge in [-0.15, -0.1) is 21.5 Å². The van der Waals surface area contributed by atoms with Gasteiger partial charge in [-0.3, -0.25) is 19.3 Å². The van der Waals surface area contributed by atoms with Crippen molar-refractivity contribution >= 4 is 23.0 Å². The van der Waals surface area contributed by atoms with Crippen LogP contribution in [-0.4, -0.2) is 77.9 Å². The molecule has 9 nitrogen and oxygen atoms in total. The number of aryl methyl sites for hydroxylation is 2. The molecule has 0 N–H and O–H groups in total. The molecule has 2 aromatic heterocycles. The molecule has 0 saturated carbocycles. The second-order valence-electron chi connectivity index (χ2n) is 10.6. The summed E-state index contributed by atoms with van der Waals surface area (Å²) in [6.07, 6.45) is 0.0848. The fraction of sp³-hybridized carbons (Fsp3) is 0.375. The van der Waals surface area contributed by atoms with Crippen molar-refractivity contribution in [2.24, 2.45) is 4.99 Å². The van der Waals surface area contributed by atoms with E-state index in [1.54, 1.807) is 11.3 Å². The van der Waals surface area contributed by atoms with Crippen LogP contribution in [0.4, 0.5) is 0 Å². The Kier molecular flexibility index (Phi) is 8.19. The first-order chi connectivity index (χ1) is 20.4. The summed E-state index contributed by atoms with van der Waals surface area (Å²) < 4.78 is 18.6. The molecule has 2 aromatic carbocycles. The number of ether oxygens (including phenoxy) is 3. The number of fused-ring (bicyclic) bond motifs is 3. The zero-order valence-electron chi connectivity index (χ0n) is 24.4. The first-order valence-corrected chi connectivity index (χ1v) is 15.1. The second-order valence-corrected chi connectivity index (χ2v) is 11.8. The lowest BCUT2D eigenvalue weighted by atomic mass is 9.97. The number of hydrogen-bond donors (Lipinski definition) is 0. The Morgan fingerprint density at radius 1 is 1.02 bits per heavy atom. The van der Waals surface area contributed by atoms with Gasteiger partial charge in [0.05, 0.1) is 32.5 Å². The maximum absolute atomic E-state index is 12.4. The van der Waals surface area contributed by atoms with Gasteiger partial charge in [0.2, 0.25) is 0 Å². The van der Waals surface area contributed by atoms with E-state index >= 15 is 0 Å². The molecular formula is C32H35N5O4S. The zero-order valence-corrected chi connectivity index (χ0v) is 25.2. The number of rotatable bonds is 8. The fourth-order valence-corrected chi connectivity index (χ4v) is 6.68. The van der Waals surface area contributed by atoms with Gasteiger partial charge >= 0.3 is 5.97 Å². The van der Waals surface area contributed by atoms with Crippen molar-refractivity contribution in [3.63, 3.8) is 0 Å². The normalized spacial score (nSPS) is 16.8. The molecule has 0 aliphatic carbocycles. The minimum Gasteiger partial charge on any atom is -0.492 e. The van der Waals surface area contributed by atoms with E-state index in [1.807, 2.05) is 23.6 Å². The number of methoxy groups -OCH3 is 1. The summed E-state index contributed by atoms with van der Waals surface area (Å²) in [5.74, 6) is 1.94. The van der Waals surface area contributed by atoms with Gasteiger partial charge in [-0.05, 0) is 49.6 Å². The van der Waals surface area contributed by atoms with Gasteiger partial charge in [-0.1, -0.05) is 36.4 Å². The summed E-state index contributed by atoms with van der Waals surface area (Å²) in [7, 11) is 1.40. The number of aliphatic imine (C=N–C) groups is 1. The molecular weight excluding hydrogens is 550 g/mol. The zero-order chi connectivity index (χ0) is 29.2. The number of nitrogens with zero attached hydrogens (tertiary/aromatic N) is 5. The maximum atomic E-state index is 12.4. The van der Waals surface area contributed by atoms with E-state index in [2.05, 4.69) is 65.3 Å². The van der Waals surface area contributed by atoms with Crippen molar-refractivity contribution in [1.29, 1.82) is 0 Å². The van der Waals surface area contributed by atoms with Crippen molar-refractivity contribution in [3.8, 4) is 21.9 Å². The third-order valence-corrected chi connectivity index (χ3v) is 9.13. The van der Waals surface area contributed by atoms with Crippen LogP contribution in [0.25, 0.3) is 16.1 Å². The maximum Gasteiger partial charge on any atom is 0.308 e. The third kappa shape index (κ3) is 5.62. The van der Waals surface area contributed by atoms with Crippen LogP contribution >= 0.6 is 11.3 Å². The van der Waals surface area contributed by atoms with Gasteiger partial charge in [-0.2, -0.15) is 0 Å². The highest BCUT2D eigenvalue weighted by Crippen LogP contribution is 2.39. The standard InChI is InChI=1S/C32H35N5O4S/c1-20-21(2)42-32-29(20)30(33-27(19-28(38)39-4)31-35-34-22(3)37(31)32)24-10-8-23(9-11-24)25-6-5-7-26(18-25)41-17-14-36-12-15-40-16-13-36/h5-11,18,27H,12-17,19H2,1-4H3/t27-/m0/s1. The number of aromatic nitrogens is 3. The summed E-state index contributed by atoms with van der Waals surface area (Å²) in [5, 5.41) is 9.81. The number of morpholine rings is 1. The molecule has 10 heteroatoms.